The molecule has 210 valence electrons. The number of nitrogens with one attached hydrogen (secondary N) is 2. The van der Waals surface area contributed by atoms with Crippen LogP contribution in [0.2, 0.25) is 0 Å². The fourth-order valence-electron chi connectivity index (χ4n) is 4.15. The van der Waals surface area contributed by atoms with Gasteiger partial charge in [0, 0.05) is 44.5 Å². The first-order chi connectivity index (χ1) is 20.4. The van der Waals surface area contributed by atoms with E-state index in [2.05, 4.69) is 10.6 Å². The van der Waals surface area contributed by atoms with Crippen molar-refractivity contribution in [1.82, 2.24) is 5.32 Å². The van der Waals surface area contributed by atoms with Gasteiger partial charge in [-0.25, -0.2) is 4.79 Å². The number of amides is 2. The molecule has 42 heavy (non-hydrogen) atoms. The summed E-state index contributed by atoms with van der Waals surface area (Å²) in [5.74, 6) is -0.0495. The van der Waals surface area contributed by atoms with Crippen molar-refractivity contribution in [3.05, 3.63) is 136 Å². The monoisotopic (exact) mass is 578 g/mol. The van der Waals surface area contributed by atoms with Crippen molar-refractivity contribution in [2.45, 2.75) is 10.6 Å². The number of para-hydroxylation sites is 1. The SMILES string of the molecule is COc1ccccc1/C=C(\NC(=O)c1ccccc1)C(=O)Nc1cccc(SCc2cc3ccc(O)cc3oc2=O)c1. The van der Waals surface area contributed by atoms with Crippen LogP contribution in [0.15, 0.2) is 123 Å². The van der Waals surface area contributed by atoms with E-state index in [-0.39, 0.29) is 11.4 Å². The van der Waals surface area contributed by atoms with Gasteiger partial charge in [-0.05, 0) is 60.7 Å². The molecule has 0 saturated heterocycles. The van der Waals surface area contributed by atoms with Crippen LogP contribution in [0.4, 0.5) is 5.69 Å². The van der Waals surface area contributed by atoms with Crippen molar-refractivity contribution in [2.24, 2.45) is 0 Å². The van der Waals surface area contributed by atoms with E-state index in [1.54, 1.807) is 78.9 Å². The van der Waals surface area contributed by atoms with Crippen LogP contribution in [-0.4, -0.2) is 24.0 Å². The third kappa shape index (κ3) is 6.89. The maximum atomic E-state index is 13.5. The third-order valence-electron chi connectivity index (χ3n) is 6.25. The van der Waals surface area contributed by atoms with Crippen LogP contribution in [0, 0.1) is 0 Å². The molecule has 9 heteroatoms. The van der Waals surface area contributed by atoms with Crippen LogP contribution in [0.5, 0.6) is 11.5 Å². The van der Waals surface area contributed by atoms with Crippen LogP contribution in [0.25, 0.3) is 17.0 Å². The zero-order valence-corrected chi connectivity index (χ0v) is 23.3. The standard InChI is InChI=1S/C33H26N2O6S/c1-40-29-13-6-5-10-22(29)17-28(35-31(37)21-8-3-2-4-9-21)32(38)34-25-11-7-12-27(18-25)42-20-24-16-23-14-15-26(36)19-30(23)41-33(24)39/h2-19,36H,20H2,1H3,(H,34,38)(H,35,37)/b28-17-. The molecule has 0 saturated carbocycles. The molecule has 5 aromatic rings. The highest BCUT2D eigenvalue weighted by molar-refractivity contribution is 7.98. The van der Waals surface area contributed by atoms with E-state index in [0.29, 0.717) is 44.8 Å². The minimum atomic E-state index is -0.522. The molecule has 0 aliphatic heterocycles. The summed E-state index contributed by atoms with van der Waals surface area (Å²) in [6.45, 7) is 0. The second-order valence-corrected chi connectivity index (χ2v) is 10.2. The van der Waals surface area contributed by atoms with Gasteiger partial charge in [0.05, 0.1) is 7.11 Å². The Morgan fingerprint density at radius 3 is 2.52 bits per heavy atom. The van der Waals surface area contributed by atoms with Crippen molar-refractivity contribution >= 4 is 46.3 Å². The number of carbonyl (C=O) groups is 2. The summed E-state index contributed by atoms with van der Waals surface area (Å²) in [5, 5.41) is 15.9. The van der Waals surface area contributed by atoms with Crippen molar-refractivity contribution in [3.63, 3.8) is 0 Å². The van der Waals surface area contributed by atoms with Gasteiger partial charge in [-0.15, -0.1) is 11.8 Å². The highest BCUT2D eigenvalue weighted by Crippen LogP contribution is 2.27. The molecule has 0 bridgehead atoms. The number of rotatable bonds is 9. The fourth-order valence-corrected chi connectivity index (χ4v) is 5.06. The maximum Gasteiger partial charge on any atom is 0.340 e. The number of anilines is 1. The Labute approximate surface area is 245 Å². The zero-order valence-electron chi connectivity index (χ0n) is 22.5. The lowest BCUT2D eigenvalue weighted by Gasteiger charge is -2.13. The van der Waals surface area contributed by atoms with Crippen LogP contribution < -0.4 is 21.0 Å². The van der Waals surface area contributed by atoms with Crippen molar-refractivity contribution in [1.29, 1.82) is 0 Å². The highest BCUT2D eigenvalue weighted by atomic mass is 32.2. The Morgan fingerprint density at radius 2 is 1.71 bits per heavy atom. The summed E-state index contributed by atoms with van der Waals surface area (Å²) >= 11 is 1.40. The zero-order chi connectivity index (χ0) is 29.5. The lowest BCUT2D eigenvalue weighted by molar-refractivity contribution is -0.113. The van der Waals surface area contributed by atoms with Crippen molar-refractivity contribution < 1.29 is 23.8 Å². The fraction of sp³-hybridized carbons (Fsp3) is 0.0606. The molecular formula is C33H26N2O6S. The van der Waals surface area contributed by atoms with Crippen LogP contribution in [-0.2, 0) is 10.5 Å². The van der Waals surface area contributed by atoms with Crippen molar-refractivity contribution in [2.75, 3.05) is 12.4 Å². The molecule has 1 aromatic heterocycles. The summed E-state index contributed by atoms with van der Waals surface area (Å²) in [4.78, 5) is 39.7. The van der Waals surface area contributed by atoms with Crippen molar-refractivity contribution in [3.8, 4) is 11.5 Å². The lowest BCUT2D eigenvalue weighted by Crippen LogP contribution is -2.30. The second-order valence-electron chi connectivity index (χ2n) is 9.17. The topological polar surface area (TPSA) is 118 Å². The van der Waals surface area contributed by atoms with Gasteiger partial charge in [-0.2, -0.15) is 0 Å². The first kappa shape index (κ1) is 28.3. The van der Waals surface area contributed by atoms with Gasteiger partial charge in [0.2, 0.25) is 0 Å². The van der Waals surface area contributed by atoms with E-state index in [4.69, 9.17) is 9.15 Å². The van der Waals surface area contributed by atoms with Gasteiger partial charge in [0.25, 0.3) is 11.8 Å². The van der Waals surface area contributed by atoms with E-state index in [0.717, 1.165) is 4.90 Å². The van der Waals surface area contributed by atoms with Gasteiger partial charge < -0.3 is 24.9 Å². The van der Waals surface area contributed by atoms with Gasteiger partial charge >= 0.3 is 5.63 Å². The highest BCUT2D eigenvalue weighted by Gasteiger charge is 2.16. The maximum absolute atomic E-state index is 13.5. The predicted molar refractivity (Wildman–Crippen MR) is 164 cm³/mol. The molecule has 0 aliphatic rings. The molecule has 1 heterocycles. The molecule has 3 N–H and O–H groups in total. The third-order valence-corrected chi connectivity index (χ3v) is 7.29. The lowest BCUT2D eigenvalue weighted by atomic mass is 10.1. The summed E-state index contributed by atoms with van der Waals surface area (Å²) in [6, 6.07) is 29.3. The van der Waals surface area contributed by atoms with Gasteiger partial charge in [-0.3, -0.25) is 9.59 Å². The normalized spacial score (nSPS) is 11.2. The molecule has 0 spiro atoms. The molecular weight excluding hydrogens is 552 g/mol. The van der Waals surface area contributed by atoms with E-state index >= 15 is 0 Å². The molecule has 0 fully saturated rings. The molecule has 0 unspecified atom stereocenters. The minimum Gasteiger partial charge on any atom is -0.508 e. The molecule has 5 rings (SSSR count). The Hall–Kier alpha value is -5.28. The van der Waals surface area contributed by atoms with E-state index in [1.807, 2.05) is 18.2 Å². The molecule has 0 atom stereocenters. The van der Waals surface area contributed by atoms with Crippen LogP contribution in [0.1, 0.15) is 21.5 Å². The molecule has 0 radical (unpaired) electrons. The Balaban J connectivity index is 1.35. The summed E-state index contributed by atoms with van der Waals surface area (Å²) in [5.41, 5.74) is 1.87. The Bertz CT molecular complexity index is 1850. The largest absolute Gasteiger partial charge is 0.508 e. The minimum absolute atomic E-state index is 0.0205. The van der Waals surface area contributed by atoms with Crippen LogP contribution >= 0.6 is 11.8 Å². The average Bonchev–Trinajstić information content (AvgIpc) is 3.00. The molecule has 8 nitrogen and oxygen atoms in total. The molecule has 4 aromatic carbocycles. The summed E-state index contributed by atoms with van der Waals surface area (Å²) in [7, 11) is 1.53. The number of ether oxygens (including phenoxy) is 1. The summed E-state index contributed by atoms with van der Waals surface area (Å²) < 4.78 is 10.8. The number of carbonyl (C=O) groups excluding carboxylic acids is 2. The molecule has 0 aliphatic carbocycles. The van der Waals surface area contributed by atoms with E-state index in [9.17, 15) is 19.5 Å². The van der Waals surface area contributed by atoms with Gasteiger partial charge in [-0.1, -0.05) is 42.5 Å². The number of thioether (sulfide) groups is 1. The smallest absolute Gasteiger partial charge is 0.340 e. The number of benzene rings is 4. The second kappa shape index (κ2) is 12.9. The molecule has 2 amide bonds. The number of methoxy groups -OCH3 is 1. The van der Waals surface area contributed by atoms with Crippen LogP contribution in [0.3, 0.4) is 0 Å². The average molecular weight is 579 g/mol. The van der Waals surface area contributed by atoms with E-state index < -0.39 is 17.4 Å². The number of phenolic OH excluding ortho intramolecular Hbond substituents is 1. The first-order valence-corrected chi connectivity index (χ1v) is 13.9. The van der Waals surface area contributed by atoms with Gasteiger partial charge in [0.1, 0.15) is 22.8 Å². The predicted octanol–water partition coefficient (Wildman–Crippen LogP) is 6.21. The number of fused-ring (bicyclic) bond motifs is 1. The quantitative estimate of drug-likeness (QED) is 0.108. The number of hydrogen-bond acceptors (Lipinski definition) is 7. The Morgan fingerprint density at radius 1 is 0.929 bits per heavy atom. The first-order valence-electron chi connectivity index (χ1n) is 12.9. The summed E-state index contributed by atoms with van der Waals surface area (Å²) in [6.07, 6.45) is 1.56. The number of phenols is 1. The number of hydrogen-bond donors (Lipinski definition) is 3. The Kier molecular flexibility index (Phi) is 8.70. The number of aromatic hydroxyl groups is 1. The van der Waals surface area contributed by atoms with Gasteiger partial charge in [0.15, 0.2) is 0 Å². The van der Waals surface area contributed by atoms with E-state index in [1.165, 1.54) is 31.0 Å².